The number of likely N-dealkylation sites (tertiary alicyclic amines) is 1. The van der Waals surface area contributed by atoms with Gasteiger partial charge in [0.15, 0.2) is 0 Å². The number of anilines is 1. The summed E-state index contributed by atoms with van der Waals surface area (Å²) in [5.41, 5.74) is 6.67. The van der Waals surface area contributed by atoms with Crippen LogP contribution in [-0.4, -0.2) is 33.1 Å². The molecule has 2 unspecified atom stereocenters. The fourth-order valence-corrected chi connectivity index (χ4v) is 3.95. The fraction of sp³-hybridized carbons (Fsp3) is 0.500. The third-order valence-corrected chi connectivity index (χ3v) is 5.14. The zero-order valence-corrected chi connectivity index (χ0v) is 12.5. The number of nitrogens with two attached hydrogens (primary N) is 1. The van der Waals surface area contributed by atoms with Crippen molar-refractivity contribution in [3.05, 3.63) is 17.1 Å². The van der Waals surface area contributed by atoms with E-state index >= 15 is 0 Å². The van der Waals surface area contributed by atoms with Crippen LogP contribution in [0.25, 0.3) is 10.2 Å². The summed E-state index contributed by atoms with van der Waals surface area (Å²) in [6.45, 7) is 4.22. The summed E-state index contributed by atoms with van der Waals surface area (Å²) in [7, 11) is 0. The van der Waals surface area contributed by atoms with Gasteiger partial charge in [0.1, 0.15) is 9.71 Å². The summed E-state index contributed by atoms with van der Waals surface area (Å²) >= 11 is 1.34. The van der Waals surface area contributed by atoms with Gasteiger partial charge in [-0.3, -0.25) is 4.79 Å². The molecule has 0 bridgehead atoms. The normalized spacial score (nSPS) is 23.2. The van der Waals surface area contributed by atoms with Crippen LogP contribution in [0.1, 0.15) is 42.8 Å². The summed E-state index contributed by atoms with van der Waals surface area (Å²) < 4.78 is 0. The van der Waals surface area contributed by atoms with Gasteiger partial charge < -0.3 is 10.6 Å². The number of nitrogen functional groups attached to an aromatic ring is 1. The second kappa shape index (κ2) is 5.01. The van der Waals surface area contributed by atoms with E-state index in [0.717, 1.165) is 23.1 Å². The minimum absolute atomic E-state index is 0.0326. The maximum absolute atomic E-state index is 12.8. The third-order valence-electron chi connectivity index (χ3n) is 4.04. The topological polar surface area (TPSA) is 72.1 Å². The molecule has 6 heteroatoms. The van der Waals surface area contributed by atoms with E-state index in [1.165, 1.54) is 17.8 Å². The summed E-state index contributed by atoms with van der Waals surface area (Å²) in [6, 6.07) is 2.34. The monoisotopic (exact) mass is 290 g/mol. The molecule has 0 radical (unpaired) electrons. The molecular weight excluding hydrogens is 272 g/mol. The second-order valence-corrected chi connectivity index (χ2v) is 6.44. The first-order valence-electron chi connectivity index (χ1n) is 6.92. The Morgan fingerprint density at radius 2 is 2.10 bits per heavy atom. The fourth-order valence-electron chi connectivity index (χ4n) is 2.97. The molecule has 0 aliphatic carbocycles. The van der Waals surface area contributed by atoms with Crippen molar-refractivity contribution < 1.29 is 4.79 Å². The minimum atomic E-state index is 0.0326. The van der Waals surface area contributed by atoms with Crippen LogP contribution in [0.4, 0.5) is 5.69 Å². The second-order valence-electron chi connectivity index (χ2n) is 5.44. The van der Waals surface area contributed by atoms with Crippen LogP contribution < -0.4 is 5.73 Å². The van der Waals surface area contributed by atoms with Crippen molar-refractivity contribution in [2.45, 2.75) is 45.2 Å². The van der Waals surface area contributed by atoms with Gasteiger partial charge in [-0.15, -0.1) is 16.4 Å². The number of aromatic nitrogens is 2. The van der Waals surface area contributed by atoms with Crippen LogP contribution >= 0.6 is 11.3 Å². The van der Waals surface area contributed by atoms with Crippen molar-refractivity contribution in [2.75, 3.05) is 5.73 Å². The highest BCUT2D eigenvalue weighted by Crippen LogP contribution is 2.34. The van der Waals surface area contributed by atoms with Gasteiger partial charge in [0.05, 0.1) is 11.9 Å². The molecule has 1 fully saturated rings. The smallest absolute Gasteiger partial charge is 0.266 e. The van der Waals surface area contributed by atoms with Gasteiger partial charge in [-0.2, -0.15) is 5.10 Å². The number of thiophene rings is 1. The lowest BCUT2D eigenvalue weighted by molar-refractivity contribution is 0.0517. The number of carbonyl (C=O) groups excluding carboxylic acids is 1. The summed E-state index contributed by atoms with van der Waals surface area (Å²) in [5.74, 6) is 0.0326. The quantitative estimate of drug-likeness (QED) is 0.876. The lowest BCUT2D eigenvalue weighted by atomic mass is 9.97. The van der Waals surface area contributed by atoms with Gasteiger partial charge in [-0.05, 0) is 39.2 Å². The molecule has 1 aliphatic rings. The Labute approximate surface area is 121 Å². The van der Waals surface area contributed by atoms with E-state index in [2.05, 4.69) is 24.0 Å². The van der Waals surface area contributed by atoms with E-state index in [0.29, 0.717) is 10.6 Å². The van der Waals surface area contributed by atoms with E-state index in [4.69, 9.17) is 5.73 Å². The predicted octanol–water partition coefficient (Wildman–Crippen LogP) is 2.68. The molecule has 1 saturated heterocycles. The summed E-state index contributed by atoms with van der Waals surface area (Å²) in [6.07, 6.45) is 4.90. The van der Waals surface area contributed by atoms with Crippen LogP contribution in [0.3, 0.4) is 0 Å². The number of piperidine rings is 1. The van der Waals surface area contributed by atoms with Gasteiger partial charge >= 0.3 is 0 Å². The Balaban J connectivity index is 2.01. The highest BCUT2D eigenvalue weighted by molar-refractivity contribution is 7.21. The van der Waals surface area contributed by atoms with E-state index in [1.807, 2.05) is 11.0 Å². The molecule has 1 aliphatic heterocycles. The summed E-state index contributed by atoms with van der Waals surface area (Å²) in [5, 5.41) is 8.72. The van der Waals surface area contributed by atoms with Crippen LogP contribution in [-0.2, 0) is 0 Å². The summed E-state index contributed by atoms with van der Waals surface area (Å²) in [4.78, 5) is 16.1. The highest BCUT2D eigenvalue weighted by atomic mass is 32.1. The number of rotatable bonds is 1. The molecule has 2 aromatic rings. The zero-order valence-electron chi connectivity index (χ0n) is 11.7. The molecule has 2 N–H and O–H groups in total. The van der Waals surface area contributed by atoms with Crippen molar-refractivity contribution in [3.8, 4) is 0 Å². The van der Waals surface area contributed by atoms with Crippen molar-refractivity contribution in [1.29, 1.82) is 0 Å². The number of hydrogen-bond acceptors (Lipinski definition) is 5. The highest BCUT2D eigenvalue weighted by Gasteiger charge is 2.32. The molecule has 0 spiro atoms. The van der Waals surface area contributed by atoms with Crippen molar-refractivity contribution in [3.63, 3.8) is 0 Å². The first-order chi connectivity index (χ1) is 9.59. The van der Waals surface area contributed by atoms with Crippen LogP contribution in [0.5, 0.6) is 0 Å². The molecule has 3 rings (SSSR count). The average Bonchev–Trinajstić information content (AvgIpc) is 2.76. The Bertz CT molecular complexity index is 644. The number of amides is 1. The van der Waals surface area contributed by atoms with Crippen molar-refractivity contribution in [1.82, 2.24) is 15.1 Å². The molecule has 2 aromatic heterocycles. The lowest BCUT2D eigenvalue weighted by Crippen LogP contribution is -2.47. The first-order valence-corrected chi connectivity index (χ1v) is 7.73. The van der Waals surface area contributed by atoms with E-state index < -0.39 is 0 Å². The third kappa shape index (κ3) is 2.04. The van der Waals surface area contributed by atoms with E-state index in [1.54, 1.807) is 6.20 Å². The minimum Gasteiger partial charge on any atom is -0.397 e. The zero-order chi connectivity index (χ0) is 14.3. The van der Waals surface area contributed by atoms with Gasteiger partial charge in [0.25, 0.3) is 5.91 Å². The Hall–Kier alpha value is -1.69. The number of fused-ring (bicyclic) bond motifs is 1. The van der Waals surface area contributed by atoms with Gasteiger partial charge in [0, 0.05) is 17.5 Å². The Morgan fingerprint density at radius 3 is 2.75 bits per heavy atom. The largest absolute Gasteiger partial charge is 0.397 e. The Kier molecular flexibility index (Phi) is 3.33. The van der Waals surface area contributed by atoms with Crippen molar-refractivity contribution >= 4 is 33.1 Å². The number of nitrogens with zero attached hydrogens (tertiary/aromatic N) is 3. The first kappa shape index (κ1) is 13.3. The van der Waals surface area contributed by atoms with Gasteiger partial charge in [0.2, 0.25) is 0 Å². The van der Waals surface area contributed by atoms with E-state index in [-0.39, 0.29) is 18.0 Å². The molecule has 106 valence electrons. The van der Waals surface area contributed by atoms with Gasteiger partial charge in [-0.1, -0.05) is 0 Å². The maximum Gasteiger partial charge on any atom is 0.266 e. The molecule has 3 heterocycles. The molecule has 20 heavy (non-hydrogen) atoms. The standard InChI is InChI=1S/C14H18N4OS/c1-8-4-3-5-9(2)18(8)14(19)12-11(15)10-6-7-16-17-13(10)20-12/h6-9H,3-5,15H2,1-2H3. The molecule has 0 aromatic carbocycles. The maximum atomic E-state index is 12.8. The van der Waals surface area contributed by atoms with Crippen LogP contribution in [0, 0.1) is 0 Å². The molecule has 1 amide bonds. The predicted molar refractivity (Wildman–Crippen MR) is 80.8 cm³/mol. The molecular formula is C14H18N4OS. The molecule has 2 atom stereocenters. The van der Waals surface area contributed by atoms with Gasteiger partial charge in [-0.25, -0.2) is 0 Å². The van der Waals surface area contributed by atoms with Crippen LogP contribution in [0.15, 0.2) is 12.3 Å². The number of hydrogen-bond donors (Lipinski definition) is 1. The average molecular weight is 290 g/mol. The molecule has 5 nitrogen and oxygen atoms in total. The SMILES string of the molecule is CC1CCCC(C)N1C(=O)c1sc2nnccc2c1N. The lowest BCUT2D eigenvalue weighted by Gasteiger charge is -2.38. The molecule has 0 saturated carbocycles. The van der Waals surface area contributed by atoms with E-state index in [9.17, 15) is 4.79 Å². The van der Waals surface area contributed by atoms with Crippen LogP contribution in [0.2, 0.25) is 0 Å². The van der Waals surface area contributed by atoms with Crippen molar-refractivity contribution in [2.24, 2.45) is 0 Å². The number of carbonyl (C=O) groups is 1. The Morgan fingerprint density at radius 1 is 1.40 bits per heavy atom.